The Bertz CT molecular complexity index is 234. The predicted octanol–water partition coefficient (Wildman–Crippen LogP) is 1.44. The van der Waals surface area contributed by atoms with Crippen molar-refractivity contribution in [2.45, 2.75) is 34.1 Å². The van der Waals surface area contributed by atoms with E-state index >= 15 is 0 Å². The number of carbonyl (C=O) groups excluding carboxylic acids is 1. The van der Waals surface area contributed by atoms with E-state index in [1.54, 1.807) is 0 Å². The van der Waals surface area contributed by atoms with Gasteiger partial charge in [0.1, 0.15) is 0 Å². The van der Waals surface area contributed by atoms with Crippen LogP contribution in [-0.2, 0) is 4.79 Å². The number of hydrogen-bond acceptors (Lipinski definition) is 2. The van der Waals surface area contributed by atoms with Gasteiger partial charge in [-0.3, -0.25) is 9.79 Å². The number of carbonyl (C=O) groups is 1. The van der Waals surface area contributed by atoms with Gasteiger partial charge in [-0.25, -0.2) is 0 Å². The lowest BCUT2D eigenvalue weighted by Gasteiger charge is -2.18. The van der Waals surface area contributed by atoms with Crippen molar-refractivity contribution < 1.29 is 4.79 Å². The van der Waals surface area contributed by atoms with Gasteiger partial charge in [-0.1, -0.05) is 0 Å². The molecule has 0 aliphatic carbocycles. The minimum Gasteiger partial charge on any atom is -0.357 e. The molecule has 0 fully saturated rings. The summed E-state index contributed by atoms with van der Waals surface area (Å²) < 4.78 is 0. The molecule has 0 bridgehead atoms. The van der Waals surface area contributed by atoms with Crippen LogP contribution in [0.25, 0.3) is 0 Å². The molecule has 0 aliphatic heterocycles. The topological polar surface area (TPSA) is 56.7 Å². The highest BCUT2D eigenvalue weighted by molar-refractivity contribution is 14.0. The van der Waals surface area contributed by atoms with E-state index < -0.39 is 0 Å². The Balaban J connectivity index is 0. The van der Waals surface area contributed by atoms with E-state index in [0.29, 0.717) is 13.0 Å². The van der Waals surface area contributed by atoms with Crippen LogP contribution in [-0.4, -0.2) is 49.5 Å². The van der Waals surface area contributed by atoms with Crippen LogP contribution in [0.15, 0.2) is 4.99 Å². The quantitative estimate of drug-likeness (QED) is 0.405. The third-order valence-corrected chi connectivity index (χ3v) is 2.40. The Morgan fingerprint density at radius 3 is 1.94 bits per heavy atom. The fourth-order valence-corrected chi connectivity index (χ4v) is 1.51. The van der Waals surface area contributed by atoms with Crippen molar-refractivity contribution in [2.24, 2.45) is 4.99 Å². The molecule has 1 amide bonds. The lowest BCUT2D eigenvalue weighted by Crippen LogP contribution is -2.37. The highest BCUT2D eigenvalue weighted by Crippen LogP contribution is 1.94. The molecule has 0 atom stereocenters. The zero-order valence-corrected chi connectivity index (χ0v) is 14.3. The average molecular weight is 370 g/mol. The van der Waals surface area contributed by atoms with Gasteiger partial charge >= 0.3 is 0 Å². The SMILES string of the molecule is CCNC(=NCCC(=O)N(CC)CC)NCC.I. The Morgan fingerprint density at radius 2 is 1.56 bits per heavy atom. The fraction of sp³-hybridized carbons (Fsp3) is 0.833. The molecular formula is C12H27IN4O. The molecule has 5 nitrogen and oxygen atoms in total. The van der Waals surface area contributed by atoms with Crippen LogP contribution in [0.4, 0.5) is 0 Å². The second-order valence-electron chi connectivity index (χ2n) is 3.61. The second-order valence-corrected chi connectivity index (χ2v) is 3.61. The van der Waals surface area contributed by atoms with Gasteiger partial charge in [-0.2, -0.15) is 0 Å². The van der Waals surface area contributed by atoms with Gasteiger partial charge in [0.15, 0.2) is 5.96 Å². The third-order valence-electron chi connectivity index (χ3n) is 2.40. The van der Waals surface area contributed by atoms with Crippen molar-refractivity contribution in [3.8, 4) is 0 Å². The van der Waals surface area contributed by atoms with Crippen molar-refractivity contribution in [2.75, 3.05) is 32.7 Å². The highest BCUT2D eigenvalue weighted by Gasteiger charge is 2.08. The minimum absolute atomic E-state index is 0. The molecule has 0 saturated heterocycles. The van der Waals surface area contributed by atoms with Gasteiger partial charge in [-0.15, -0.1) is 24.0 Å². The van der Waals surface area contributed by atoms with E-state index in [0.717, 1.165) is 32.1 Å². The molecule has 2 N–H and O–H groups in total. The Kier molecular flexibility index (Phi) is 14.2. The van der Waals surface area contributed by atoms with Gasteiger partial charge in [0.05, 0.1) is 6.54 Å². The summed E-state index contributed by atoms with van der Waals surface area (Å²) in [5.41, 5.74) is 0. The predicted molar refractivity (Wildman–Crippen MR) is 87.6 cm³/mol. The first-order chi connectivity index (χ1) is 8.19. The number of aliphatic imine (C=N–C) groups is 1. The number of nitrogens with zero attached hydrogens (tertiary/aromatic N) is 2. The Labute approximate surface area is 128 Å². The molecule has 6 heteroatoms. The van der Waals surface area contributed by atoms with E-state index in [4.69, 9.17) is 0 Å². The molecule has 0 aromatic carbocycles. The van der Waals surface area contributed by atoms with Crippen molar-refractivity contribution in [1.82, 2.24) is 15.5 Å². The maximum Gasteiger partial charge on any atom is 0.224 e. The largest absolute Gasteiger partial charge is 0.357 e. The highest BCUT2D eigenvalue weighted by atomic mass is 127. The van der Waals surface area contributed by atoms with Gasteiger partial charge in [0.25, 0.3) is 0 Å². The van der Waals surface area contributed by atoms with Crippen LogP contribution in [0.2, 0.25) is 0 Å². The van der Waals surface area contributed by atoms with Gasteiger partial charge in [-0.05, 0) is 27.7 Å². The Hall–Kier alpha value is -0.530. The van der Waals surface area contributed by atoms with Gasteiger partial charge < -0.3 is 15.5 Å². The standard InChI is InChI=1S/C12H26N4O.HI/c1-5-13-12(14-6-2)15-10-9-11(17)16(7-3)8-4;/h5-10H2,1-4H3,(H2,13,14,15);1H. The van der Waals surface area contributed by atoms with E-state index in [1.165, 1.54) is 0 Å². The molecule has 0 rings (SSSR count). The van der Waals surface area contributed by atoms with Crippen LogP contribution in [0.1, 0.15) is 34.1 Å². The number of halogens is 1. The lowest BCUT2D eigenvalue weighted by molar-refractivity contribution is -0.130. The maximum absolute atomic E-state index is 11.7. The maximum atomic E-state index is 11.7. The van der Waals surface area contributed by atoms with Gasteiger partial charge in [0.2, 0.25) is 5.91 Å². The fourth-order valence-electron chi connectivity index (χ4n) is 1.51. The minimum atomic E-state index is 0. The summed E-state index contributed by atoms with van der Waals surface area (Å²) in [6.45, 7) is 11.8. The summed E-state index contributed by atoms with van der Waals surface area (Å²) >= 11 is 0. The molecule has 0 saturated carbocycles. The van der Waals surface area contributed by atoms with E-state index in [2.05, 4.69) is 15.6 Å². The summed E-state index contributed by atoms with van der Waals surface area (Å²) in [6, 6.07) is 0. The van der Waals surface area contributed by atoms with Crippen LogP contribution in [0.5, 0.6) is 0 Å². The number of rotatable bonds is 7. The first-order valence-corrected chi connectivity index (χ1v) is 6.49. The molecular weight excluding hydrogens is 343 g/mol. The smallest absolute Gasteiger partial charge is 0.224 e. The second kappa shape index (κ2) is 12.9. The number of guanidine groups is 1. The molecule has 0 aliphatic rings. The summed E-state index contributed by atoms with van der Waals surface area (Å²) in [4.78, 5) is 17.9. The normalized spacial score (nSPS) is 9.11. The average Bonchev–Trinajstić information content (AvgIpc) is 2.31. The third kappa shape index (κ3) is 8.54. The molecule has 0 unspecified atom stereocenters. The number of nitrogens with one attached hydrogen (secondary N) is 2. The summed E-state index contributed by atoms with van der Waals surface area (Å²) in [7, 11) is 0. The van der Waals surface area contributed by atoms with E-state index in [9.17, 15) is 4.79 Å². The van der Waals surface area contributed by atoms with Crippen molar-refractivity contribution in [1.29, 1.82) is 0 Å². The summed E-state index contributed by atoms with van der Waals surface area (Å²) in [5, 5.41) is 6.26. The molecule has 0 radical (unpaired) electrons. The monoisotopic (exact) mass is 370 g/mol. The molecule has 0 aromatic heterocycles. The molecule has 0 spiro atoms. The summed E-state index contributed by atoms with van der Waals surface area (Å²) in [6.07, 6.45) is 0.474. The molecule has 18 heavy (non-hydrogen) atoms. The van der Waals surface area contributed by atoms with Crippen LogP contribution in [0, 0.1) is 0 Å². The lowest BCUT2D eigenvalue weighted by atomic mass is 10.3. The molecule has 0 aromatic rings. The Morgan fingerprint density at radius 1 is 1.06 bits per heavy atom. The van der Waals surface area contributed by atoms with E-state index in [-0.39, 0.29) is 29.9 Å². The van der Waals surface area contributed by atoms with Crippen LogP contribution < -0.4 is 10.6 Å². The van der Waals surface area contributed by atoms with Crippen LogP contribution in [0.3, 0.4) is 0 Å². The number of amides is 1. The molecule has 108 valence electrons. The van der Waals surface area contributed by atoms with Crippen LogP contribution >= 0.6 is 24.0 Å². The van der Waals surface area contributed by atoms with Crippen molar-refractivity contribution in [3.63, 3.8) is 0 Å². The zero-order valence-electron chi connectivity index (χ0n) is 12.0. The van der Waals surface area contributed by atoms with Crippen molar-refractivity contribution in [3.05, 3.63) is 0 Å². The van der Waals surface area contributed by atoms with E-state index in [1.807, 2.05) is 32.6 Å². The summed E-state index contributed by atoms with van der Waals surface area (Å²) in [5.74, 6) is 0.952. The first-order valence-electron chi connectivity index (χ1n) is 6.49. The zero-order chi connectivity index (χ0) is 13.1. The van der Waals surface area contributed by atoms with Gasteiger partial charge in [0, 0.05) is 32.6 Å². The number of hydrogen-bond donors (Lipinski definition) is 2. The first kappa shape index (κ1) is 19.8. The van der Waals surface area contributed by atoms with Crippen molar-refractivity contribution >= 4 is 35.8 Å². The molecule has 0 heterocycles.